The van der Waals surface area contributed by atoms with E-state index in [1.165, 1.54) is 0 Å². The minimum absolute atomic E-state index is 0.298. The number of hydrogen-bond donors (Lipinski definition) is 0. The normalized spacial score (nSPS) is 11.4. The monoisotopic (exact) mass is 316 g/mol. The predicted molar refractivity (Wildman–Crippen MR) is 88.5 cm³/mol. The lowest BCUT2D eigenvalue weighted by Gasteiger charge is -2.29. The van der Waals surface area contributed by atoms with E-state index in [1.54, 1.807) is 6.92 Å². The highest BCUT2D eigenvalue weighted by atomic mass is 28.4. The van der Waals surface area contributed by atoms with Crippen LogP contribution in [0.5, 0.6) is 0 Å². The second kappa shape index (κ2) is 11.9. The van der Waals surface area contributed by atoms with Crippen molar-refractivity contribution in [2.24, 2.45) is 0 Å². The molecule has 0 bridgehead atoms. The Morgan fingerprint density at radius 2 is 1.62 bits per heavy atom. The maximum atomic E-state index is 11.2. The quantitative estimate of drug-likeness (QED) is 0.221. The van der Waals surface area contributed by atoms with Gasteiger partial charge in [0.1, 0.15) is 0 Å². The Balaban J connectivity index is 4.01. The van der Waals surface area contributed by atoms with E-state index in [2.05, 4.69) is 13.5 Å². The molecule has 0 atom stereocenters. The number of carbonyl (C=O) groups is 1. The Labute approximate surface area is 131 Å². The first-order valence-electron chi connectivity index (χ1n) is 8.11. The van der Waals surface area contributed by atoms with Gasteiger partial charge < -0.3 is 13.6 Å². The average Bonchev–Trinajstić information content (AvgIpc) is 2.43. The number of hydrogen-bond acceptors (Lipinski definition) is 4. The van der Waals surface area contributed by atoms with E-state index >= 15 is 0 Å². The summed E-state index contributed by atoms with van der Waals surface area (Å²) in [6.45, 7) is 13.4. The second-order valence-electron chi connectivity index (χ2n) is 5.25. The summed E-state index contributed by atoms with van der Waals surface area (Å²) >= 11 is 0. The molecule has 0 aliphatic rings. The Morgan fingerprint density at radius 3 is 2.10 bits per heavy atom. The van der Waals surface area contributed by atoms with Crippen LogP contribution in [0.25, 0.3) is 0 Å². The summed E-state index contributed by atoms with van der Waals surface area (Å²) in [5.41, 5.74) is 0.456. The molecule has 0 aliphatic heterocycles. The van der Waals surface area contributed by atoms with Crippen LogP contribution in [-0.4, -0.2) is 34.4 Å². The number of rotatable bonds is 13. The van der Waals surface area contributed by atoms with Crippen molar-refractivity contribution in [3.8, 4) is 0 Å². The van der Waals surface area contributed by atoms with Crippen molar-refractivity contribution in [3.63, 3.8) is 0 Å². The zero-order chi connectivity index (χ0) is 16.1. The molecule has 0 unspecified atom stereocenters. The molecule has 124 valence electrons. The highest BCUT2D eigenvalue weighted by molar-refractivity contribution is 6.67. The predicted octanol–water partition coefficient (Wildman–Crippen LogP) is 4.20. The van der Waals surface area contributed by atoms with Gasteiger partial charge in [0.05, 0.1) is 6.61 Å². The first-order valence-corrected chi connectivity index (χ1v) is 10.3. The van der Waals surface area contributed by atoms with E-state index in [9.17, 15) is 4.79 Å². The van der Waals surface area contributed by atoms with Gasteiger partial charge in [0.15, 0.2) is 0 Å². The molecule has 0 aliphatic carbocycles. The lowest BCUT2D eigenvalue weighted by atomic mass is 10.3. The molecule has 0 fully saturated rings. The van der Waals surface area contributed by atoms with E-state index in [1.807, 2.05) is 13.8 Å². The van der Waals surface area contributed by atoms with Gasteiger partial charge in [-0.15, -0.1) is 0 Å². The molecule has 0 aromatic rings. The first-order chi connectivity index (χ1) is 10.0. The van der Waals surface area contributed by atoms with Crippen LogP contribution in [-0.2, 0) is 18.4 Å². The van der Waals surface area contributed by atoms with Gasteiger partial charge in [0.2, 0.25) is 0 Å². The van der Waals surface area contributed by atoms with E-state index in [0.717, 1.165) is 51.0 Å². The highest BCUT2D eigenvalue weighted by Crippen LogP contribution is 2.24. The van der Waals surface area contributed by atoms with Crippen LogP contribution in [0.3, 0.4) is 0 Å². The molecule has 5 heteroatoms. The molecule has 4 nitrogen and oxygen atoms in total. The number of carbonyl (C=O) groups excluding carboxylic acids is 1. The van der Waals surface area contributed by atoms with Crippen molar-refractivity contribution >= 4 is 14.5 Å². The minimum atomic E-state index is -2.02. The average molecular weight is 317 g/mol. The maximum absolute atomic E-state index is 11.2. The molecule has 0 heterocycles. The van der Waals surface area contributed by atoms with Gasteiger partial charge in [-0.25, -0.2) is 4.79 Å². The Morgan fingerprint density at radius 1 is 1.00 bits per heavy atom. The molecule has 0 rings (SSSR count). The molecular weight excluding hydrogens is 284 g/mol. The van der Waals surface area contributed by atoms with Crippen molar-refractivity contribution in [2.45, 2.75) is 65.5 Å². The summed E-state index contributed by atoms with van der Waals surface area (Å²) in [5, 5.41) is 0. The summed E-state index contributed by atoms with van der Waals surface area (Å²) in [6.07, 6.45) is 4.08. The van der Waals surface area contributed by atoms with Gasteiger partial charge in [0.25, 0.3) is 0 Å². The Bertz CT molecular complexity index is 288. The molecule has 0 aromatic heterocycles. The van der Waals surface area contributed by atoms with Crippen LogP contribution < -0.4 is 0 Å². The topological polar surface area (TPSA) is 44.8 Å². The SMILES string of the molecule is C=C(C)C(=O)OCCCCC[Si](CCC)(OCC)OCC. The van der Waals surface area contributed by atoms with Crippen molar-refractivity contribution in [2.75, 3.05) is 19.8 Å². The number of esters is 1. The second-order valence-corrected chi connectivity index (χ2v) is 8.65. The molecular formula is C16H32O4Si. The molecule has 0 N–H and O–H groups in total. The number of unbranched alkanes of at least 4 members (excludes halogenated alkanes) is 2. The summed E-state index contributed by atoms with van der Waals surface area (Å²) < 4.78 is 17.1. The van der Waals surface area contributed by atoms with E-state index < -0.39 is 8.56 Å². The third-order valence-electron chi connectivity index (χ3n) is 3.23. The van der Waals surface area contributed by atoms with Gasteiger partial charge in [-0.3, -0.25) is 0 Å². The summed E-state index contributed by atoms with van der Waals surface area (Å²) in [7, 11) is -2.02. The standard InChI is InChI=1S/C16H32O4Si/c1-6-13-21(19-7-2,20-8-3)14-11-9-10-12-18-16(17)15(4)5/h4,6-14H2,1-3,5H3. The third-order valence-corrected chi connectivity index (χ3v) is 7.24. The molecule has 0 radical (unpaired) electrons. The Hall–Kier alpha value is -0.653. The zero-order valence-corrected chi connectivity index (χ0v) is 15.2. The van der Waals surface area contributed by atoms with Gasteiger partial charge in [-0.05, 0) is 39.3 Å². The lowest BCUT2D eigenvalue weighted by Crippen LogP contribution is -2.42. The molecule has 0 amide bonds. The molecule has 21 heavy (non-hydrogen) atoms. The van der Waals surface area contributed by atoms with Crippen molar-refractivity contribution < 1.29 is 18.4 Å². The van der Waals surface area contributed by atoms with Crippen LogP contribution in [0.15, 0.2) is 12.2 Å². The minimum Gasteiger partial charge on any atom is -0.462 e. The third kappa shape index (κ3) is 9.06. The van der Waals surface area contributed by atoms with Gasteiger partial charge in [-0.2, -0.15) is 0 Å². The van der Waals surface area contributed by atoms with Crippen LogP contribution in [0, 0.1) is 0 Å². The van der Waals surface area contributed by atoms with Crippen LogP contribution >= 0.6 is 0 Å². The number of ether oxygens (including phenoxy) is 1. The maximum Gasteiger partial charge on any atom is 0.338 e. The van der Waals surface area contributed by atoms with Gasteiger partial charge >= 0.3 is 14.5 Å². The molecule has 0 saturated heterocycles. The molecule has 0 spiro atoms. The highest BCUT2D eigenvalue weighted by Gasteiger charge is 2.35. The van der Waals surface area contributed by atoms with Gasteiger partial charge in [-0.1, -0.05) is 32.8 Å². The van der Waals surface area contributed by atoms with E-state index in [-0.39, 0.29) is 5.97 Å². The zero-order valence-electron chi connectivity index (χ0n) is 14.2. The van der Waals surface area contributed by atoms with Crippen molar-refractivity contribution in [1.29, 1.82) is 0 Å². The lowest BCUT2D eigenvalue weighted by molar-refractivity contribution is -0.139. The fourth-order valence-corrected chi connectivity index (χ4v) is 5.84. The van der Waals surface area contributed by atoms with Crippen LogP contribution in [0.1, 0.15) is 53.4 Å². The summed E-state index contributed by atoms with van der Waals surface area (Å²) in [5.74, 6) is -0.298. The smallest absolute Gasteiger partial charge is 0.338 e. The fourth-order valence-electron chi connectivity index (χ4n) is 2.32. The Kier molecular flexibility index (Phi) is 11.6. The first kappa shape index (κ1) is 20.3. The fraction of sp³-hybridized carbons (Fsp3) is 0.812. The van der Waals surface area contributed by atoms with Crippen molar-refractivity contribution in [3.05, 3.63) is 12.2 Å². The van der Waals surface area contributed by atoms with Crippen molar-refractivity contribution in [1.82, 2.24) is 0 Å². The van der Waals surface area contributed by atoms with Crippen LogP contribution in [0.4, 0.5) is 0 Å². The largest absolute Gasteiger partial charge is 0.462 e. The molecule has 0 aromatic carbocycles. The molecule has 0 saturated carbocycles. The summed E-state index contributed by atoms with van der Waals surface area (Å²) in [6, 6.07) is 2.08. The summed E-state index contributed by atoms with van der Waals surface area (Å²) in [4.78, 5) is 11.2. The van der Waals surface area contributed by atoms with E-state index in [0.29, 0.717) is 12.2 Å². The van der Waals surface area contributed by atoms with Crippen LogP contribution in [0.2, 0.25) is 12.1 Å². The van der Waals surface area contributed by atoms with E-state index in [4.69, 9.17) is 13.6 Å². The van der Waals surface area contributed by atoms with Gasteiger partial charge in [0, 0.05) is 18.8 Å².